The molecule has 1 aliphatic heterocycles. The first kappa shape index (κ1) is 24.2. The molecule has 178 valence electrons. The average molecular weight is 447 g/mol. The van der Waals surface area contributed by atoms with Crippen LogP contribution in [0.25, 0.3) is 0 Å². The van der Waals surface area contributed by atoms with Crippen LogP contribution in [0.2, 0.25) is 0 Å². The number of methoxy groups -OCH3 is 1. The Balaban J connectivity index is 1.71. The van der Waals surface area contributed by atoms with Crippen LogP contribution in [-0.2, 0) is 16.1 Å². The smallest absolute Gasteiger partial charge is 0.241 e. The molecule has 1 aromatic carbocycles. The number of benzene rings is 1. The van der Waals surface area contributed by atoms with Gasteiger partial charge in [0.2, 0.25) is 5.91 Å². The number of rotatable bonds is 9. The molecule has 3 rings (SSSR count). The second kappa shape index (κ2) is 12.5. The number of amides is 1. The van der Waals surface area contributed by atoms with E-state index in [1.165, 1.54) is 19.3 Å². The van der Waals surface area contributed by atoms with Crippen LogP contribution in [0, 0.1) is 0 Å². The largest absolute Gasteiger partial charge is 0.493 e. The van der Waals surface area contributed by atoms with Crippen molar-refractivity contribution in [3.05, 3.63) is 23.8 Å². The Bertz CT molecular complexity index is 756. The summed E-state index contributed by atoms with van der Waals surface area (Å²) in [4.78, 5) is 18.4. The number of ether oxygens (including phenoxy) is 3. The first-order valence-corrected chi connectivity index (χ1v) is 11.7. The van der Waals surface area contributed by atoms with Crippen molar-refractivity contribution in [3.63, 3.8) is 0 Å². The molecule has 2 N–H and O–H groups in total. The Morgan fingerprint density at radius 2 is 1.94 bits per heavy atom. The summed E-state index contributed by atoms with van der Waals surface area (Å²) in [6.45, 7) is 2.05. The van der Waals surface area contributed by atoms with Crippen LogP contribution < -0.4 is 20.1 Å². The number of hydrogen-bond donors (Lipinski definition) is 2. The lowest BCUT2D eigenvalue weighted by atomic mass is 10.1. The van der Waals surface area contributed by atoms with E-state index < -0.39 is 0 Å². The molecule has 32 heavy (non-hydrogen) atoms. The van der Waals surface area contributed by atoms with Gasteiger partial charge in [0.05, 0.1) is 32.4 Å². The summed E-state index contributed by atoms with van der Waals surface area (Å²) < 4.78 is 17.7. The SMILES string of the molecule is COc1cccc(CN=C(NCC(=O)N(C)C)NCC2CCCCO2)c1OC1CCCC1. The van der Waals surface area contributed by atoms with E-state index in [-0.39, 0.29) is 24.7 Å². The van der Waals surface area contributed by atoms with Gasteiger partial charge in [-0.1, -0.05) is 12.1 Å². The predicted octanol–water partition coefficient (Wildman–Crippen LogP) is 2.71. The van der Waals surface area contributed by atoms with E-state index in [2.05, 4.69) is 10.6 Å². The zero-order chi connectivity index (χ0) is 22.8. The third-order valence-corrected chi connectivity index (χ3v) is 5.95. The van der Waals surface area contributed by atoms with Gasteiger partial charge >= 0.3 is 0 Å². The van der Waals surface area contributed by atoms with Crippen LogP contribution >= 0.6 is 0 Å². The third kappa shape index (κ3) is 7.29. The van der Waals surface area contributed by atoms with Crippen molar-refractivity contribution >= 4 is 11.9 Å². The summed E-state index contributed by atoms with van der Waals surface area (Å²) in [5.74, 6) is 2.07. The van der Waals surface area contributed by atoms with Gasteiger partial charge in [-0.2, -0.15) is 0 Å². The first-order chi connectivity index (χ1) is 15.6. The highest BCUT2D eigenvalue weighted by Crippen LogP contribution is 2.35. The van der Waals surface area contributed by atoms with E-state index in [1.807, 2.05) is 18.2 Å². The molecule has 1 aliphatic carbocycles. The molecule has 8 nitrogen and oxygen atoms in total. The Morgan fingerprint density at radius 3 is 2.62 bits per heavy atom. The van der Waals surface area contributed by atoms with Gasteiger partial charge in [-0.15, -0.1) is 0 Å². The second-order valence-electron chi connectivity index (χ2n) is 8.65. The Labute approximate surface area is 191 Å². The molecule has 1 unspecified atom stereocenters. The minimum Gasteiger partial charge on any atom is -0.493 e. The topological polar surface area (TPSA) is 84.4 Å². The number of carbonyl (C=O) groups excluding carboxylic acids is 1. The molecule has 1 amide bonds. The van der Waals surface area contributed by atoms with E-state index >= 15 is 0 Å². The molecule has 0 radical (unpaired) electrons. The van der Waals surface area contributed by atoms with Crippen LogP contribution in [0.5, 0.6) is 11.5 Å². The number of carbonyl (C=O) groups is 1. The first-order valence-electron chi connectivity index (χ1n) is 11.7. The van der Waals surface area contributed by atoms with Crippen LogP contribution in [0.4, 0.5) is 0 Å². The molecule has 1 aromatic rings. The number of hydrogen-bond acceptors (Lipinski definition) is 5. The number of para-hydroxylation sites is 1. The summed E-state index contributed by atoms with van der Waals surface area (Å²) in [5.41, 5.74) is 0.963. The summed E-state index contributed by atoms with van der Waals surface area (Å²) in [7, 11) is 5.15. The molecule has 8 heteroatoms. The number of likely N-dealkylation sites (N-methyl/N-ethyl adjacent to an activating group) is 1. The maximum absolute atomic E-state index is 12.1. The Morgan fingerprint density at radius 1 is 1.16 bits per heavy atom. The van der Waals surface area contributed by atoms with Gasteiger partial charge < -0.3 is 29.7 Å². The molecule has 1 atom stereocenters. The molecule has 1 saturated heterocycles. The minimum atomic E-state index is -0.0138. The zero-order valence-corrected chi connectivity index (χ0v) is 19.7. The van der Waals surface area contributed by atoms with E-state index in [1.54, 1.807) is 26.1 Å². The van der Waals surface area contributed by atoms with Gasteiger partial charge in [-0.05, 0) is 51.0 Å². The van der Waals surface area contributed by atoms with Crippen molar-refractivity contribution in [2.75, 3.05) is 40.9 Å². The number of nitrogens with one attached hydrogen (secondary N) is 2. The number of aliphatic imine (C=N–C) groups is 1. The molecule has 0 aromatic heterocycles. The fourth-order valence-corrected chi connectivity index (χ4v) is 3.99. The maximum Gasteiger partial charge on any atom is 0.241 e. The molecular weight excluding hydrogens is 408 g/mol. The van der Waals surface area contributed by atoms with Crippen LogP contribution in [-0.4, -0.2) is 69.9 Å². The highest BCUT2D eigenvalue weighted by Gasteiger charge is 2.21. The lowest BCUT2D eigenvalue weighted by Gasteiger charge is -2.24. The average Bonchev–Trinajstić information content (AvgIpc) is 3.32. The van der Waals surface area contributed by atoms with Crippen molar-refractivity contribution < 1.29 is 19.0 Å². The number of guanidine groups is 1. The molecular formula is C24H38N4O4. The maximum atomic E-state index is 12.1. The van der Waals surface area contributed by atoms with Gasteiger partial charge in [-0.25, -0.2) is 4.99 Å². The monoisotopic (exact) mass is 446 g/mol. The number of nitrogens with zero attached hydrogens (tertiary/aromatic N) is 2. The molecule has 0 spiro atoms. The standard InChI is InChI=1S/C24H38N4O4/c1-28(2)22(29)17-27-24(26-16-20-12-6-7-14-31-20)25-15-18-9-8-13-21(30-3)23(18)32-19-10-4-5-11-19/h8-9,13,19-20H,4-7,10-12,14-17H2,1-3H3,(H2,25,26,27). The van der Waals surface area contributed by atoms with Crippen LogP contribution in [0.15, 0.2) is 23.2 Å². The highest BCUT2D eigenvalue weighted by atomic mass is 16.5. The van der Waals surface area contributed by atoms with Crippen molar-refractivity contribution in [2.45, 2.75) is 63.7 Å². The minimum absolute atomic E-state index is 0.0138. The molecule has 1 heterocycles. The van der Waals surface area contributed by atoms with Gasteiger partial charge in [0, 0.05) is 32.8 Å². The van der Waals surface area contributed by atoms with Gasteiger partial charge in [0.1, 0.15) is 0 Å². The quantitative estimate of drug-likeness (QED) is 0.448. The van der Waals surface area contributed by atoms with Crippen LogP contribution in [0.1, 0.15) is 50.5 Å². The van der Waals surface area contributed by atoms with Crippen molar-refractivity contribution in [3.8, 4) is 11.5 Å². The second-order valence-corrected chi connectivity index (χ2v) is 8.65. The summed E-state index contributed by atoms with van der Waals surface area (Å²) in [6.07, 6.45) is 8.27. The van der Waals surface area contributed by atoms with E-state index in [4.69, 9.17) is 19.2 Å². The summed E-state index contributed by atoms with van der Waals surface area (Å²) in [5, 5.41) is 6.50. The van der Waals surface area contributed by atoms with Gasteiger partial charge in [0.25, 0.3) is 0 Å². The zero-order valence-electron chi connectivity index (χ0n) is 19.7. The lowest BCUT2D eigenvalue weighted by Crippen LogP contribution is -2.45. The normalized spacial score (nSPS) is 19.5. The van der Waals surface area contributed by atoms with Crippen LogP contribution in [0.3, 0.4) is 0 Å². The molecule has 2 fully saturated rings. The van der Waals surface area contributed by atoms with Gasteiger partial charge in [0.15, 0.2) is 17.5 Å². The van der Waals surface area contributed by atoms with E-state index in [9.17, 15) is 4.79 Å². The molecule has 2 aliphatic rings. The van der Waals surface area contributed by atoms with Gasteiger partial charge in [-0.3, -0.25) is 4.79 Å². The molecule has 0 bridgehead atoms. The van der Waals surface area contributed by atoms with E-state index in [0.29, 0.717) is 19.0 Å². The fraction of sp³-hybridized carbons (Fsp3) is 0.667. The predicted molar refractivity (Wildman–Crippen MR) is 125 cm³/mol. The van der Waals surface area contributed by atoms with Crippen molar-refractivity contribution in [2.24, 2.45) is 4.99 Å². The highest BCUT2D eigenvalue weighted by molar-refractivity contribution is 5.86. The third-order valence-electron chi connectivity index (χ3n) is 5.95. The van der Waals surface area contributed by atoms with Crippen molar-refractivity contribution in [1.29, 1.82) is 0 Å². The summed E-state index contributed by atoms with van der Waals surface area (Å²) in [6, 6.07) is 5.89. The summed E-state index contributed by atoms with van der Waals surface area (Å²) >= 11 is 0. The molecule has 1 saturated carbocycles. The van der Waals surface area contributed by atoms with E-state index in [0.717, 1.165) is 49.4 Å². The Kier molecular flexibility index (Phi) is 9.46. The lowest BCUT2D eigenvalue weighted by molar-refractivity contribution is -0.127. The fourth-order valence-electron chi connectivity index (χ4n) is 3.99. The Hall–Kier alpha value is -2.48. The van der Waals surface area contributed by atoms with Crippen molar-refractivity contribution in [1.82, 2.24) is 15.5 Å².